The Kier molecular flexibility index (Phi) is 3.52. The van der Waals surface area contributed by atoms with E-state index in [1.807, 2.05) is 0 Å². The van der Waals surface area contributed by atoms with Crippen LogP contribution < -0.4 is 0 Å². The van der Waals surface area contributed by atoms with Crippen molar-refractivity contribution >= 4 is 6.29 Å². The second-order valence-corrected chi connectivity index (χ2v) is 3.84. The van der Waals surface area contributed by atoms with Crippen molar-refractivity contribution in [2.45, 2.75) is 0 Å². The third-order valence-electron chi connectivity index (χ3n) is 2.55. The molecule has 1 nitrogen and oxygen atoms in total. The van der Waals surface area contributed by atoms with Crippen molar-refractivity contribution in [3.8, 4) is 11.1 Å². The van der Waals surface area contributed by atoms with Crippen LogP contribution in [0.15, 0.2) is 18.2 Å². The number of carbonyl (C=O) groups excluding carboxylic acids is 1. The summed E-state index contributed by atoms with van der Waals surface area (Å²) in [6.07, 6.45) is 0.179. The minimum atomic E-state index is -2.31. The van der Waals surface area contributed by atoms with Crippen LogP contribution in [0.1, 0.15) is 10.4 Å². The molecule has 0 N–H and O–H groups in total. The molecule has 0 bridgehead atoms. The molecule has 104 valence electrons. The number of carbonyl (C=O) groups is 1. The first-order valence-corrected chi connectivity index (χ1v) is 5.14. The molecule has 0 unspecified atom stereocenters. The molecular weight excluding hydrogens is 286 g/mol. The van der Waals surface area contributed by atoms with Crippen molar-refractivity contribution in [2.24, 2.45) is 0 Å². The highest BCUT2D eigenvalue weighted by Crippen LogP contribution is 2.32. The van der Waals surface area contributed by atoms with E-state index >= 15 is 0 Å². The second kappa shape index (κ2) is 4.99. The van der Waals surface area contributed by atoms with Crippen LogP contribution in [0.2, 0.25) is 0 Å². The average molecular weight is 290 g/mol. The average Bonchev–Trinajstić information content (AvgIpc) is 2.42. The summed E-state index contributed by atoms with van der Waals surface area (Å²) < 4.78 is 79.2. The van der Waals surface area contributed by atoms with Gasteiger partial charge in [-0.1, -0.05) is 0 Å². The molecule has 0 fully saturated rings. The fourth-order valence-electron chi connectivity index (χ4n) is 1.68. The molecule has 0 saturated heterocycles. The third kappa shape index (κ3) is 2.15. The summed E-state index contributed by atoms with van der Waals surface area (Å²) in [6, 6.07) is 2.13. The topological polar surface area (TPSA) is 17.1 Å². The van der Waals surface area contributed by atoms with Crippen molar-refractivity contribution in [1.29, 1.82) is 0 Å². The monoisotopic (exact) mass is 290 g/mol. The van der Waals surface area contributed by atoms with Gasteiger partial charge in [-0.2, -0.15) is 0 Å². The Balaban J connectivity index is 2.83. The zero-order valence-corrected chi connectivity index (χ0v) is 9.49. The zero-order valence-electron chi connectivity index (χ0n) is 9.49. The predicted molar refractivity (Wildman–Crippen MR) is 57.0 cm³/mol. The second-order valence-electron chi connectivity index (χ2n) is 3.84. The van der Waals surface area contributed by atoms with E-state index in [4.69, 9.17) is 0 Å². The summed E-state index contributed by atoms with van der Waals surface area (Å²) in [7, 11) is 0. The Hall–Kier alpha value is -2.31. The molecule has 20 heavy (non-hydrogen) atoms. The molecule has 0 heterocycles. The first-order valence-electron chi connectivity index (χ1n) is 5.14. The number of benzene rings is 2. The molecule has 0 amide bonds. The molecule has 0 aliphatic rings. The molecule has 0 aliphatic heterocycles. The minimum absolute atomic E-state index is 0.179. The smallest absolute Gasteiger partial charge is 0.200 e. The van der Waals surface area contributed by atoms with Crippen LogP contribution in [0.5, 0.6) is 0 Å². The van der Waals surface area contributed by atoms with Gasteiger partial charge in [-0.05, 0) is 23.8 Å². The van der Waals surface area contributed by atoms with Gasteiger partial charge in [0.25, 0.3) is 0 Å². The summed E-state index contributed by atoms with van der Waals surface area (Å²) in [6.45, 7) is 0. The maximum Gasteiger partial charge on any atom is 0.200 e. The van der Waals surface area contributed by atoms with Crippen molar-refractivity contribution in [3.05, 3.63) is 58.7 Å². The third-order valence-corrected chi connectivity index (χ3v) is 2.55. The van der Waals surface area contributed by atoms with Gasteiger partial charge < -0.3 is 0 Å². The van der Waals surface area contributed by atoms with Gasteiger partial charge in [-0.25, -0.2) is 26.3 Å². The minimum Gasteiger partial charge on any atom is -0.298 e. The number of aldehydes is 1. The van der Waals surface area contributed by atoms with Crippen LogP contribution >= 0.6 is 0 Å². The Morgan fingerprint density at radius 1 is 0.700 bits per heavy atom. The van der Waals surface area contributed by atoms with Gasteiger partial charge in [0, 0.05) is 5.56 Å². The molecule has 0 aromatic heterocycles. The Labute approximate surface area is 108 Å². The van der Waals surface area contributed by atoms with Crippen LogP contribution in [0.3, 0.4) is 0 Å². The molecule has 0 saturated carbocycles. The van der Waals surface area contributed by atoms with E-state index in [0.29, 0.717) is 6.07 Å². The van der Waals surface area contributed by atoms with Gasteiger partial charge >= 0.3 is 0 Å². The maximum absolute atomic E-state index is 13.5. The van der Waals surface area contributed by atoms with Gasteiger partial charge in [0.1, 0.15) is 12.1 Å². The Morgan fingerprint density at radius 2 is 1.20 bits per heavy atom. The van der Waals surface area contributed by atoms with E-state index in [-0.39, 0.29) is 11.8 Å². The fourth-order valence-corrected chi connectivity index (χ4v) is 1.68. The van der Waals surface area contributed by atoms with Gasteiger partial charge in [-0.3, -0.25) is 4.79 Å². The Morgan fingerprint density at radius 3 is 1.70 bits per heavy atom. The zero-order chi connectivity index (χ0) is 15.0. The van der Waals surface area contributed by atoms with Gasteiger partial charge in [-0.15, -0.1) is 0 Å². The SMILES string of the molecule is O=Cc1cc(F)cc(-c2c(F)c(F)c(F)c(F)c2F)c1. The highest BCUT2D eigenvalue weighted by molar-refractivity contribution is 5.79. The molecule has 0 aliphatic carbocycles. The van der Waals surface area contributed by atoms with Gasteiger partial charge in [0.05, 0.1) is 5.56 Å². The van der Waals surface area contributed by atoms with Crippen LogP contribution in [0.25, 0.3) is 11.1 Å². The first-order chi connectivity index (χ1) is 9.36. The molecule has 2 aromatic carbocycles. The molecule has 2 rings (SSSR count). The quantitative estimate of drug-likeness (QED) is 0.353. The number of hydrogen-bond donors (Lipinski definition) is 0. The highest BCUT2D eigenvalue weighted by Gasteiger charge is 2.26. The summed E-state index contributed by atoms with van der Waals surface area (Å²) in [5.74, 6) is -11.8. The standard InChI is InChI=1S/C13H4F6O/c14-7-2-5(4-20)1-6(3-7)8-9(15)11(17)13(19)12(18)10(8)16/h1-4H. The van der Waals surface area contributed by atoms with E-state index in [9.17, 15) is 31.1 Å². The van der Waals surface area contributed by atoms with E-state index in [1.165, 1.54) is 0 Å². The summed E-state index contributed by atoms with van der Waals surface area (Å²) in [5.41, 5.74) is -2.21. The normalized spacial score (nSPS) is 10.7. The van der Waals surface area contributed by atoms with Crippen LogP contribution in [-0.2, 0) is 0 Å². The maximum atomic E-state index is 13.5. The summed E-state index contributed by atoms with van der Waals surface area (Å²) in [4.78, 5) is 10.5. The lowest BCUT2D eigenvalue weighted by Crippen LogP contribution is -2.04. The largest absolute Gasteiger partial charge is 0.298 e. The predicted octanol–water partition coefficient (Wildman–Crippen LogP) is 4.00. The van der Waals surface area contributed by atoms with E-state index in [0.717, 1.165) is 12.1 Å². The summed E-state index contributed by atoms with van der Waals surface area (Å²) in [5, 5.41) is 0. The lowest BCUT2D eigenvalue weighted by Gasteiger charge is -2.09. The van der Waals surface area contributed by atoms with Crippen LogP contribution in [0, 0.1) is 34.9 Å². The molecular formula is C13H4F6O. The van der Waals surface area contributed by atoms with Crippen molar-refractivity contribution < 1.29 is 31.1 Å². The first kappa shape index (κ1) is 14.1. The van der Waals surface area contributed by atoms with Crippen LogP contribution in [-0.4, -0.2) is 6.29 Å². The van der Waals surface area contributed by atoms with Crippen molar-refractivity contribution in [2.75, 3.05) is 0 Å². The molecule has 7 heteroatoms. The molecule has 0 spiro atoms. The fraction of sp³-hybridized carbons (Fsp3) is 0. The van der Waals surface area contributed by atoms with E-state index < -0.39 is 46.0 Å². The van der Waals surface area contributed by atoms with Gasteiger partial charge in [0.2, 0.25) is 5.82 Å². The van der Waals surface area contributed by atoms with E-state index in [2.05, 4.69) is 0 Å². The van der Waals surface area contributed by atoms with Gasteiger partial charge in [0.15, 0.2) is 23.3 Å². The number of hydrogen-bond acceptors (Lipinski definition) is 1. The van der Waals surface area contributed by atoms with Crippen molar-refractivity contribution in [1.82, 2.24) is 0 Å². The lowest BCUT2D eigenvalue weighted by molar-refractivity contribution is 0.112. The molecule has 0 atom stereocenters. The number of halogens is 6. The lowest BCUT2D eigenvalue weighted by atomic mass is 10.0. The Bertz CT molecular complexity index is 681. The van der Waals surface area contributed by atoms with E-state index in [1.54, 1.807) is 0 Å². The van der Waals surface area contributed by atoms with Crippen molar-refractivity contribution in [3.63, 3.8) is 0 Å². The molecule has 2 aromatic rings. The summed E-state index contributed by atoms with van der Waals surface area (Å²) >= 11 is 0. The number of rotatable bonds is 2. The molecule has 0 radical (unpaired) electrons. The van der Waals surface area contributed by atoms with Crippen LogP contribution in [0.4, 0.5) is 26.3 Å². The highest BCUT2D eigenvalue weighted by atomic mass is 19.2.